The molecule has 1 aromatic heterocycles. The molecule has 2 heterocycles. The Labute approximate surface area is 177 Å². The zero-order chi connectivity index (χ0) is 21.2. The fourth-order valence-corrected chi connectivity index (χ4v) is 5.64. The summed E-state index contributed by atoms with van der Waals surface area (Å²) < 4.78 is 5.17. The van der Waals surface area contributed by atoms with Gasteiger partial charge in [-0.05, 0) is 67.0 Å². The van der Waals surface area contributed by atoms with Crippen LogP contribution in [-0.4, -0.2) is 27.5 Å². The van der Waals surface area contributed by atoms with Gasteiger partial charge in [0.15, 0.2) is 0 Å². The number of thioether (sulfide) groups is 1. The number of rotatable bonds is 3. The number of carbonyl (C=O) groups excluding carboxylic acids is 1. The SMILES string of the molecule is CCOC(=O)Cc1ccc(C#Cc2cc3c(cc2C)SC(C)(C)CC3(C)C)nn1. The first-order chi connectivity index (χ1) is 13.6. The maximum atomic E-state index is 11.5. The van der Waals surface area contributed by atoms with Gasteiger partial charge < -0.3 is 4.74 Å². The van der Waals surface area contributed by atoms with E-state index in [0.29, 0.717) is 18.0 Å². The van der Waals surface area contributed by atoms with Crippen LogP contribution in [0, 0.1) is 18.8 Å². The molecular formula is C24H28N2O2S. The van der Waals surface area contributed by atoms with Crippen molar-refractivity contribution in [3.8, 4) is 11.8 Å². The second-order valence-electron chi connectivity index (χ2n) is 8.73. The third-order valence-electron chi connectivity index (χ3n) is 4.99. The molecule has 0 amide bonds. The van der Waals surface area contributed by atoms with Crippen LogP contribution in [0.3, 0.4) is 0 Å². The zero-order valence-corrected chi connectivity index (χ0v) is 18.9. The van der Waals surface area contributed by atoms with E-state index < -0.39 is 0 Å². The van der Waals surface area contributed by atoms with Crippen molar-refractivity contribution < 1.29 is 9.53 Å². The first-order valence-electron chi connectivity index (χ1n) is 9.94. The van der Waals surface area contributed by atoms with Gasteiger partial charge in [0.1, 0.15) is 5.69 Å². The van der Waals surface area contributed by atoms with Crippen molar-refractivity contribution in [2.24, 2.45) is 0 Å². The molecule has 0 fully saturated rings. The monoisotopic (exact) mass is 408 g/mol. The zero-order valence-electron chi connectivity index (χ0n) is 18.0. The van der Waals surface area contributed by atoms with Crippen molar-refractivity contribution in [2.75, 3.05) is 6.61 Å². The lowest BCUT2D eigenvalue weighted by molar-refractivity contribution is -0.142. The highest BCUT2D eigenvalue weighted by molar-refractivity contribution is 8.00. The van der Waals surface area contributed by atoms with Gasteiger partial charge in [-0.25, -0.2) is 0 Å². The summed E-state index contributed by atoms with van der Waals surface area (Å²) in [4.78, 5) is 12.9. The van der Waals surface area contributed by atoms with Crippen LogP contribution < -0.4 is 0 Å². The van der Waals surface area contributed by atoms with E-state index in [-0.39, 0.29) is 22.6 Å². The maximum Gasteiger partial charge on any atom is 0.311 e. The number of benzene rings is 1. The number of hydrogen-bond acceptors (Lipinski definition) is 5. The summed E-state index contributed by atoms with van der Waals surface area (Å²) in [6.45, 7) is 13.5. The molecule has 0 aliphatic carbocycles. The number of nitrogens with zero attached hydrogens (tertiary/aromatic N) is 2. The molecule has 0 N–H and O–H groups in total. The molecule has 0 spiro atoms. The average Bonchev–Trinajstić information content (AvgIpc) is 2.60. The average molecular weight is 409 g/mol. The third-order valence-corrected chi connectivity index (χ3v) is 6.24. The first-order valence-corrected chi connectivity index (χ1v) is 10.8. The molecule has 2 aromatic rings. The highest BCUT2D eigenvalue weighted by Gasteiger charge is 2.38. The quantitative estimate of drug-likeness (QED) is 0.537. The molecule has 0 bridgehead atoms. The van der Waals surface area contributed by atoms with Crippen molar-refractivity contribution in [1.29, 1.82) is 0 Å². The first kappa shape index (κ1) is 21.4. The molecule has 5 heteroatoms. The van der Waals surface area contributed by atoms with Gasteiger partial charge in [-0.2, -0.15) is 5.10 Å². The standard InChI is InChI=1S/C24H28N2O2S/c1-7-28-22(27)14-19-11-10-18(25-26-19)9-8-17-13-20-21(12-16(17)2)29-24(5,6)15-23(20,3)4/h10-13H,7,14-15H2,1-6H3. The fourth-order valence-electron chi connectivity index (χ4n) is 3.93. The number of aryl methyl sites for hydroxylation is 1. The van der Waals surface area contributed by atoms with E-state index >= 15 is 0 Å². The predicted octanol–water partition coefficient (Wildman–Crippen LogP) is 4.84. The van der Waals surface area contributed by atoms with Crippen molar-refractivity contribution >= 4 is 17.7 Å². The number of carbonyl (C=O) groups is 1. The molecule has 152 valence electrons. The Balaban J connectivity index is 1.84. The summed E-state index contributed by atoms with van der Waals surface area (Å²) in [6, 6.07) is 8.07. The molecule has 3 rings (SSSR count). The molecular weight excluding hydrogens is 380 g/mol. The van der Waals surface area contributed by atoms with E-state index in [1.54, 1.807) is 19.1 Å². The highest BCUT2D eigenvalue weighted by atomic mass is 32.2. The van der Waals surface area contributed by atoms with Crippen LogP contribution in [0.4, 0.5) is 0 Å². The Hall–Kier alpha value is -2.32. The molecule has 0 atom stereocenters. The molecule has 0 radical (unpaired) electrons. The van der Waals surface area contributed by atoms with Gasteiger partial charge in [-0.15, -0.1) is 16.9 Å². The minimum atomic E-state index is -0.297. The van der Waals surface area contributed by atoms with Crippen LogP contribution >= 0.6 is 11.8 Å². The van der Waals surface area contributed by atoms with E-state index in [2.05, 4.69) is 68.8 Å². The second-order valence-corrected chi connectivity index (χ2v) is 10.5. The number of ether oxygens (including phenoxy) is 1. The van der Waals surface area contributed by atoms with E-state index in [0.717, 1.165) is 12.0 Å². The van der Waals surface area contributed by atoms with Crippen LogP contribution in [0.5, 0.6) is 0 Å². The van der Waals surface area contributed by atoms with E-state index in [1.165, 1.54) is 16.0 Å². The van der Waals surface area contributed by atoms with Gasteiger partial charge >= 0.3 is 5.97 Å². The van der Waals surface area contributed by atoms with Gasteiger partial charge in [0.05, 0.1) is 18.7 Å². The number of aromatic nitrogens is 2. The van der Waals surface area contributed by atoms with Gasteiger partial charge in [-0.3, -0.25) is 4.79 Å². The summed E-state index contributed by atoms with van der Waals surface area (Å²) in [5.41, 5.74) is 4.85. The molecule has 29 heavy (non-hydrogen) atoms. The van der Waals surface area contributed by atoms with Crippen LogP contribution in [-0.2, 0) is 21.4 Å². The van der Waals surface area contributed by atoms with Gasteiger partial charge in [0.25, 0.3) is 0 Å². The molecule has 0 unspecified atom stereocenters. The molecule has 1 aromatic carbocycles. The minimum absolute atomic E-state index is 0.114. The molecule has 1 aliphatic heterocycles. The van der Waals surface area contributed by atoms with E-state index in [4.69, 9.17) is 4.74 Å². The largest absolute Gasteiger partial charge is 0.466 e. The van der Waals surface area contributed by atoms with E-state index in [9.17, 15) is 4.79 Å². The van der Waals surface area contributed by atoms with E-state index in [1.807, 2.05) is 11.8 Å². The summed E-state index contributed by atoms with van der Waals surface area (Å²) in [6.07, 6.45) is 1.25. The van der Waals surface area contributed by atoms with Crippen molar-refractivity contribution in [3.05, 3.63) is 52.3 Å². The summed E-state index contributed by atoms with van der Waals surface area (Å²) in [5.74, 6) is 6.08. The van der Waals surface area contributed by atoms with Crippen molar-refractivity contribution in [3.63, 3.8) is 0 Å². The molecule has 1 aliphatic rings. The van der Waals surface area contributed by atoms with Crippen LogP contribution in [0.1, 0.15) is 69.1 Å². The topological polar surface area (TPSA) is 52.1 Å². The molecule has 0 saturated heterocycles. The Kier molecular flexibility index (Phi) is 6.05. The van der Waals surface area contributed by atoms with Crippen LogP contribution in [0.2, 0.25) is 0 Å². The van der Waals surface area contributed by atoms with Crippen molar-refractivity contribution in [2.45, 2.75) is 69.4 Å². The van der Waals surface area contributed by atoms with Crippen LogP contribution in [0.15, 0.2) is 29.2 Å². The Morgan fingerprint density at radius 3 is 2.59 bits per heavy atom. The number of fused-ring (bicyclic) bond motifs is 1. The highest BCUT2D eigenvalue weighted by Crippen LogP contribution is 2.51. The number of esters is 1. The Bertz CT molecular complexity index is 982. The van der Waals surface area contributed by atoms with Gasteiger partial charge in [0.2, 0.25) is 0 Å². The Morgan fingerprint density at radius 1 is 1.17 bits per heavy atom. The van der Waals surface area contributed by atoms with Crippen LogP contribution in [0.25, 0.3) is 0 Å². The predicted molar refractivity (Wildman–Crippen MR) is 117 cm³/mol. The molecule has 0 saturated carbocycles. The van der Waals surface area contributed by atoms with Gasteiger partial charge in [-0.1, -0.05) is 33.6 Å². The smallest absolute Gasteiger partial charge is 0.311 e. The summed E-state index contributed by atoms with van der Waals surface area (Å²) >= 11 is 1.96. The van der Waals surface area contributed by atoms with Crippen molar-refractivity contribution in [1.82, 2.24) is 10.2 Å². The summed E-state index contributed by atoms with van der Waals surface area (Å²) in [7, 11) is 0. The number of hydrogen-bond donors (Lipinski definition) is 0. The Morgan fingerprint density at radius 2 is 1.93 bits per heavy atom. The molecule has 4 nitrogen and oxygen atoms in total. The summed E-state index contributed by atoms with van der Waals surface area (Å²) in [5, 5.41) is 8.22. The minimum Gasteiger partial charge on any atom is -0.466 e. The third kappa shape index (κ3) is 5.19. The lowest BCUT2D eigenvalue weighted by Gasteiger charge is -2.42. The fraction of sp³-hybridized carbons (Fsp3) is 0.458. The lowest BCUT2D eigenvalue weighted by atomic mass is 9.76. The normalized spacial score (nSPS) is 16.3. The second kappa shape index (κ2) is 8.20. The maximum absolute atomic E-state index is 11.5. The van der Waals surface area contributed by atoms with Gasteiger partial charge in [0, 0.05) is 15.2 Å². The lowest BCUT2D eigenvalue weighted by Crippen LogP contribution is -2.33.